The van der Waals surface area contributed by atoms with Crippen molar-refractivity contribution in [2.75, 3.05) is 31.5 Å². The molecule has 41 heavy (non-hydrogen) atoms. The van der Waals surface area contributed by atoms with Crippen molar-refractivity contribution in [1.82, 2.24) is 9.21 Å². The second-order valence-corrected chi connectivity index (χ2v) is 14.0. The number of aliphatic hydroxyl groups excluding tert-OH is 1. The highest BCUT2D eigenvalue weighted by atomic mass is 32.2. The van der Waals surface area contributed by atoms with E-state index >= 15 is 0 Å². The highest BCUT2D eigenvalue weighted by molar-refractivity contribution is 7.92. The number of hydrogen-bond donors (Lipinski definition) is 2. The first kappa shape index (κ1) is 30.5. The molecule has 0 unspecified atom stereocenters. The minimum absolute atomic E-state index is 0.00890. The van der Waals surface area contributed by atoms with Gasteiger partial charge < -0.3 is 14.7 Å². The third-order valence-corrected chi connectivity index (χ3v) is 10.4. The summed E-state index contributed by atoms with van der Waals surface area (Å²) >= 11 is 0. The van der Waals surface area contributed by atoms with Gasteiger partial charge in [0.15, 0.2) is 5.75 Å². The topological polar surface area (TPSA) is 133 Å². The number of sulfonamides is 2. The van der Waals surface area contributed by atoms with Gasteiger partial charge in [0.05, 0.1) is 40.2 Å². The lowest BCUT2D eigenvalue weighted by atomic mass is 9.99. The first-order valence-corrected chi connectivity index (χ1v) is 16.1. The number of likely N-dealkylation sites (N-methyl/N-ethyl adjacent to an activating group) is 1. The van der Waals surface area contributed by atoms with Crippen LogP contribution < -0.4 is 9.46 Å². The van der Waals surface area contributed by atoms with Crippen LogP contribution in [-0.2, 0) is 20.0 Å². The van der Waals surface area contributed by atoms with Gasteiger partial charge in [0.2, 0.25) is 10.0 Å². The summed E-state index contributed by atoms with van der Waals surface area (Å²) in [5.41, 5.74) is 1.03. The molecule has 1 aliphatic heterocycles. The van der Waals surface area contributed by atoms with Crippen molar-refractivity contribution in [2.45, 2.75) is 42.7 Å². The zero-order valence-corrected chi connectivity index (χ0v) is 25.0. The molecule has 3 atom stereocenters. The average Bonchev–Trinajstić information content (AvgIpc) is 2.95. The van der Waals surface area contributed by atoms with Crippen molar-refractivity contribution in [3.05, 3.63) is 83.9 Å². The Labute approximate surface area is 241 Å². The second kappa shape index (κ2) is 12.2. The highest BCUT2D eigenvalue weighted by Crippen LogP contribution is 2.36. The number of para-hydroxylation sites is 1. The molecule has 0 saturated carbocycles. The van der Waals surface area contributed by atoms with Crippen molar-refractivity contribution in [2.24, 2.45) is 5.92 Å². The number of ether oxygens (including phenoxy) is 1. The Morgan fingerprint density at radius 3 is 2.29 bits per heavy atom. The molecule has 1 heterocycles. The molecule has 0 spiro atoms. The van der Waals surface area contributed by atoms with E-state index in [2.05, 4.69) is 4.72 Å². The van der Waals surface area contributed by atoms with Gasteiger partial charge in [-0.3, -0.25) is 9.52 Å². The number of carbonyl (C=O) groups is 1. The van der Waals surface area contributed by atoms with Gasteiger partial charge in [-0.25, -0.2) is 16.8 Å². The number of aryl methyl sites for hydroxylation is 1. The summed E-state index contributed by atoms with van der Waals surface area (Å²) in [6, 6.07) is 18.3. The molecule has 2 N–H and O–H groups in total. The molecule has 220 valence electrons. The molecule has 1 amide bonds. The van der Waals surface area contributed by atoms with Crippen molar-refractivity contribution in [3.8, 4) is 5.75 Å². The summed E-state index contributed by atoms with van der Waals surface area (Å²) in [6.45, 7) is 5.19. The molecule has 4 rings (SSSR count). The fraction of sp³-hybridized carbons (Fsp3) is 0.345. The fourth-order valence-corrected chi connectivity index (χ4v) is 6.85. The summed E-state index contributed by atoms with van der Waals surface area (Å²) in [4.78, 5) is 15.3. The number of rotatable bonds is 9. The zero-order valence-electron chi connectivity index (χ0n) is 23.4. The van der Waals surface area contributed by atoms with Gasteiger partial charge in [-0.15, -0.1) is 0 Å². The number of fused-ring (bicyclic) bond motifs is 1. The number of nitrogens with one attached hydrogen (secondary N) is 1. The molecule has 10 nitrogen and oxygen atoms in total. The predicted octanol–water partition coefficient (Wildman–Crippen LogP) is 3.34. The van der Waals surface area contributed by atoms with Crippen LogP contribution in [0.2, 0.25) is 0 Å². The smallest absolute Gasteiger partial charge is 0.262 e. The lowest BCUT2D eigenvalue weighted by Gasteiger charge is -2.38. The normalized spacial score (nSPS) is 18.7. The maximum Gasteiger partial charge on any atom is 0.262 e. The number of hydrogen-bond acceptors (Lipinski definition) is 7. The first-order valence-electron chi connectivity index (χ1n) is 13.2. The van der Waals surface area contributed by atoms with Gasteiger partial charge in [-0.2, -0.15) is 4.31 Å². The van der Waals surface area contributed by atoms with Crippen LogP contribution in [-0.4, -0.2) is 75.9 Å². The van der Waals surface area contributed by atoms with E-state index in [1.54, 1.807) is 43.3 Å². The van der Waals surface area contributed by atoms with Crippen LogP contribution in [0.1, 0.15) is 29.8 Å². The van der Waals surface area contributed by atoms with Gasteiger partial charge in [0.1, 0.15) is 6.10 Å². The Morgan fingerprint density at radius 2 is 1.66 bits per heavy atom. The van der Waals surface area contributed by atoms with Crippen LogP contribution in [0.25, 0.3) is 0 Å². The Morgan fingerprint density at radius 1 is 1.00 bits per heavy atom. The summed E-state index contributed by atoms with van der Waals surface area (Å²) < 4.78 is 63.3. The molecule has 0 aromatic heterocycles. The second-order valence-electron chi connectivity index (χ2n) is 10.3. The number of carbonyl (C=O) groups excluding carboxylic acids is 1. The molecule has 3 aromatic rings. The van der Waals surface area contributed by atoms with E-state index in [1.165, 1.54) is 52.7 Å². The van der Waals surface area contributed by atoms with E-state index < -0.39 is 44.0 Å². The predicted molar refractivity (Wildman–Crippen MR) is 156 cm³/mol. The lowest BCUT2D eigenvalue weighted by molar-refractivity contribution is 0.0389. The molecule has 12 heteroatoms. The minimum Gasteiger partial charge on any atom is -0.486 e. The average molecular weight is 602 g/mol. The molecule has 0 radical (unpaired) electrons. The molecule has 3 aromatic carbocycles. The molecule has 1 aliphatic rings. The third kappa shape index (κ3) is 6.56. The van der Waals surface area contributed by atoms with Gasteiger partial charge >= 0.3 is 0 Å². The van der Waals surface area contributed by atoms with Crippen molar-refractivity contribution in [3.63, 3.8) is 0 Å². The summed E-state index contributed by atoms with van der Waals surface area (Å²) in [7, 11) is -6.47. The lowest BCUT2D eigenvalue weighted by Crippen LogP contribution is -2.50. The van der Waals surface area contributed by atoms with Gasteiger partial charge in [-0.1, -0.05) is 48.9 Å². The summed E-state index contributed by atoms with van der Waals surface area (Å²) in [5, 5.41) is 9.89. The Bertz CT molecular complexity index is 1600. The Kier molecular flexibility index (Phi) is 9.07. The number of anilines is 1. The molecule has 0 bridgehead atoms. The van der Waals surface area contributed by atoms with Gasteiger partial charge in [0, 0.05) is 19.5 Å². The quantitative estimate of drug-likeness (QED) is 0.384. The van der Waals surface area contributed by atoms with Gasteiger partial charge in [-0.05, 0) is 50.2 Å². The number of benzene rings is 3. The largest absolute Gasteiger partial charge is 0.486 e. The number of amides is 1. The van der Waals surface area contributed by atoms with E-state index in [0.29, 0.717) is 0 Å². The molecule has 0 fully saturated rings. The van der Waals surface area contributed by atoms with Gasteiger partial charge in [0.25, 0.3) is 15.9 Å². The molecular weight excluding hydrogens is 566 g/mol. The zero-order chi connectivity index (χ0) is 29.9. The highest BCUT2D eigenvalue weighted by Gasteiger charge is 2.36. The Hall–Kier alpha value is -3.45. The number of nitrogens with zero attached hydrogens (tertiary/aromatic N) is 2. The minimum atomic E-state index is -4.05. The molecule has 0 aliphatic carbocycles. The molecule has 0 saturated heterocycles. The monoisotopic (exact) mass is 601 g/mol. The van der Waals surface area contributed by atoms with E-state index in [0.717, 1.165) is 5.56 Å². The van der Waals surface area contributed by atoms with Crippen LogP contribution in [0, 0.1) is 12.8 Å². The Balaban J connectivity index is 1.76. The number of aliphatic hydroxyl groups is 1. The third-order valence-electron chi connectivity index (χ3n) is 7.16. The maximum absolute atomic E-state index is 13.7. The summed E-state index contributed by atoms with van der Waals surface area (Å²) in [6.07, 6.45) is -0.774. The van der Waals surface area contributed by atoms with Crippen LogP contribution in [0.5, 0.6) is 5.75 Å². The molecular formula is C29H35N3O7S2. The fourth-order valence-electron chi connectivity index (χ4n) is 4.59. The SMILES string of the molecule is Cc1ccc(S(=O)(=O)Nc2cccc3c2O[C@H](CN(C)S(=O)(=O)c2ccccc2)[C@H](C)CN([C@H](C)CO)C3=O)cc1. The van der Waals surface area contributed by atoms with E-state index in [4.69, 9.17) is 4.74 Å². The van der Waals surface area contributed by atoms with Crippen molar-refractivity contribution in [1.29, 1.82) is 0 Å². The van der Waals surface area contributed by atoms with E-state index in [-0.39, 0.29) is 46.5 Å². The maximum atomic E-state index is 13.7. The van der Waals surface area contributed by atoms with Crippen LogP contribution >= 0.6 is 0 Å². The first-order chi connectivity index (χ1) is 19.3. The summed E-state index contributed by atoms with van der Waals surface area (Å²) in [5.74, 6) is -0.838. The standard InChI is InChI=1S/C29H35N3O7S2/c1-20-13-15-23(16-14-20)40(35,36)30-26-12-8-11-25-28(26)39-27(21(2)17-32(29(25)34)22(3)19-33)18-31(4)41(37,38)24-9-6-5-7-10-24/h5-16,21-22,27,30,33H,17-19H2,1-4H3/t21-,22-,27-/m1/s1. The van der Waals surface area contributed by atoms with Crippen LogP contribution in [0.3, 0.4) is 0 Å². The van der Waals surface area contributed by atoms with E-state index in [9.17, 15) is 26.7 Å². The van der Waals surface area contributed by atoms with Crippen molar-refractivity contribution >= 4 is 31.6 Å². The van der Waals surface area contributed by atoms with E-state index in [1.807, 2.05) is 13.8 Å². The van der Waals surface area contributed by atoms with Crippen molar-refractivity contribution < 1.29 is 31.5 Å². The van der Waals surface area contributed by atoms with Crippen LogP contribution in [0.15, 0.2) is 82.6 Å². The van der Waals surface area contributed by atoms with Crippen LogP contribution in [0.4, 0.5) is 5.69 Å².